The number of ketones is 1. The standard InChI is InChI=1S/C24H17BrClNO5/c1-30-20-11-6-14(12-18(20)26)23(29)24-22(17-4-2-3-5-19(17)32-24)27-21(28)13-31-16-9-7-15(25)8-10-16/h2-12H,13H2,1H3,(H,27,28). The quantitative estimate of drug-likeness (QED) is 0.301. The van der Waals surface area contributed by atoms with Crippen molar-refractivity contribution in [3.8, 4) is 11.5 Å². The van der Waals surface area contributed by atoms with E-state index in [1.165, 1.54) is 13.2 Å². The van der Waals surface area contributed by atoms with E-state index >= 15 is 0 Å². The van der Waals surface area contributed by atoms with Crippen molar-refractivity contribution in [2.45, 2.75) is 0 Å². The Morgan fingerprint density at radius 3 is 2.53 bits per heavy atom. The van der Waals surface area contributed by atoms with E-state index in [0.29, 0.717) is 33.1 Å². The van der Waals surface area contributed by atoms with Crippen LogP contribution in [0, 0.1) is 0 Å². The number of anilines is 1. The molecule has 1 aromatic heterocycles. The van der Waals surface area contributed by atoms with Crippen molar-refractivity contribution in [1.29, 1.82) is 0 Å². The molecular weight excluding hydrogens is 498 g/mol. The molecule has 0 spiro atoms. The van der Waals surface area contributed by atoms with Crippen LogP contribution in [0.3, 0.4) is 0 Å². The number of para-hydroxylation sites is 1. The molecule has 0 atom stereocenters. The number of hydrogen-bond acceptors (Lipinski definition) is 5. The predicted octanol–water partition coefficient (Wildman–Crippen LogP) is 6.11. The van der Waals surface area contributed by atoms with Crippen molar-refractivity contribution in [2.75, 3.05) is 19.0 Å². The van der Waals surface area contributed by atoms with Crippen LogP contribution in [-0.2, 0) is 4.79 Å². The monoisotopic (exact) mass is 513 g/mol. The Hall–Kier alpha value is -3.29. The Kier molecular flexibility index (Phi) is 6.48. The van der Waals surface area contributed by atoms with Gasteiger partial charge in [-0.1, -0.05) is 39.7 Å². The van der Waals surface area contributed by atoms with E-state index in [-0.39, 0.29) is 18.1 Å². The second-order valence-electron chi connectivity index (χ2n) is 6.77. The topological polar surface area (TPSA) is 77.8 Å². The highest BCUT2D eigenvalue weighted by atomic mass is 79.9. The average molecular weight is 515 g/mol. The van der Waals surface area contributed by atoms with Gasteiger partial charge in [0.05, 0.1) is 17.8 Å². The first-order valence-corrected chi connectivity index (χ1v) is 10.7. The molecule has 0 bridgehead atoms. The van der Waals surface area contributed by atoms with Crippen molar-refractivity contribution in [3.63, 3.8) is 0 Å². The molecule has 0 radical (unpaired) electrons. The molecule has 0 unspecified atom stereocenters. The number of furan rings is 1. The molecule has 0 fully saturated rings. The number of rotatable bonds is 7. The molecule has 0 aliphatic carbocycles. The normalized spacial score (nSPS) is 10.7. The van der Waals surface area contributed by atoms with Crippen LogP contribution in [0.5, 0.6) is 11.5 Å². The first kappa shape index (κ1) is 21.9. The van der Waals surface area contributed by atoms with E-state index < -0.39 is 11.7 Å². The highest BCUT2D eigenvalue weighted by Gasteiger charge is 2.24. The molecule has 8 heteroatoms. The summed E-state index contributed by atoms with van der Waals surface area (Å²) in [6, 6.07) is 18.9. The Morgan fingerprint density at radius 1 is 1.06 bits per heavy atom. The van der Waals surface area contributed by atoms with E-state index in [9.17, 15) is 9.59 Å². The third-order valence-electron chi connectivity index (χ3n) is 4.66. The van der Waals surface area contributed by atoms with E-state index in [4.69, 9.17) is 25.5 Å². The number of carbonyl (C=O) groups excluding carboxylic acids is 2. The minimum Gasteiger partial charge on any atom is -0.495 e. The highest BCUT2D eigenvalue weighted by molar-refractivity contribution is 9.10. The third-order valence-corrected chi connectivity index (χ3v) is 5.49. The minimum absolute atomic E-state index is 0.00410. The maximum atomic E-state index is 13.2. The summed E-state index contributed by atoms with van der Waals surface area (Å²) in [6.07, 6.45) is 0. The minimum atomic E-state index is -0.429. The fraction of sp³-hybridized carbons (Fsp3) is 0.0833. The fourth-order valence-electron chi connectivity index (χ4n) is 3.12. The van der Waals surface area contributed by atoms with E-state index in [0.717, 1.165) is 4.47 Å². The number of nitrogens with one attached hydrogen (secondary N) is 1. The molecule has 162 valence electrons. The lowest BCUT2D eigenvalue weighted by Gasteiger charge is -2.09. The lowest BCUT2D eigenvalue weighted by atomic mass is 10.1. The van der Waals surface area contributed by atoms with Gasteiger partial charge < -0.3 is 19.2 Å². The van der Waals surface area contributed by atoms with E-state index in [2.05, 4.69) is 21.2 Å². The maximum absolute atomic E-state index is 13.2. The number of fused-ring (bicyclic) bond motifs is 1. The highest BCUT2D eigenvalue weighted by Crippen LogP contribution is 2.34. The second kappa shape index (κ2) is 9.46. The van der Waals surface area contributed by atoms with E-state index in [1.807, 2.05) is 12.1 Å². The molecule has 1 heterocycles. The Morgan fingerprint density at radius 2 is 1.81 bits per heavy atom. The van der Waals surface area contributed by atoms with Crippen LogP contribution >= 0.6 is 27.5 Å². The molecule has 0 aliphatic rings. The zero-order valence-electron chi connectivity index (χ0n) is 16.9. The second-order valence-corrected chi connectivity index (χ2v) is 8.09. The van der Waals surface area contributed by atoms with Gasteiger partial charge in [-0.2, -0.15) is 0 Å². The summed E-state index contributed by atoms with van der Waals surface area (Å²) in [5.41, 5.74) is 1.05. The van der Waals surface area contributed by atoms with Gasteiger partial charge in [-0.3, -0.25) is 9.59 Å². The fourth-order valence-corrected chi connectivity index (χ4v) is 3.65. The van der Waals surface area contributed by atoms with Crippen molar-refractivity contribution in [1.82, 2.24) is 0 Å². The van der Waals surface area contributed by atoms with Crippen LogP contribution in [0.2, 0.25) is 5.02 Å². The van der Waals surface area contributed by atoms with Crippen molar-refractivity contribution in [2.24, 2.45) is 0 Å². The van der Waals surface area contributed by atoms with Gasteiger partial charge in [0.2, 0.25) is 5.78 Å². The molecule has 0 saturated heterocycles. The van der Waals surface area contributed by atoms with Crippen molar-refractivity contribution >= 4 is 55.9 Å². The van der Waals surface area contributed by atoms with Gasteiger partial charge in [0, 0.05) is 15.4 Å². The zero-order valence-corrected chi connectivity index (χ0v) is 19.2. The summed E-state index contributed by atoms with van der Waals surface area (Å²) < 4.78 is 17.4. The molecule has 4 aromatic rings. The first-order valence-electron chi connectivity index (χ1n) is 9.54. The van der Waals surface area contributed by atoms with Gasteiger partial charge in [-0.15, -0.1) is 0 Å². The van der Waals surface area contributed by atoms with Crippen LogP contribution in [0.4, 0.5) is 5.69 Å². The molecule has 1 amide bonds. The summed E-state index contributed by atoms with van der Waals surface area (Å²) >= 11 is 9.53. The number of amides is 1. The lowest BCUT2D eigenvalue weighted by Crippen LogP contribution is -2.21. The maximum Gasteiger partial charge on any atom is 0.262 e. The molecule has 3 aromatic carbocycles. The average Bonchev–Trinajstić information content (AvgIpc) is 3.16. The summed E-state index contributed by atoms with van der Waals surface area (Å²) in [4.78, 5) is 25.8. The van der Waals surface area contributed by atoms with Crippen LogP contribution in [-0.4, -0.2) is 25.4 Å². The summed E-state index contributed by atoms with van der Waals surface area (Å²) in [7, 11) is 1.49. The number of halogens is 2. The van der Waals surface area contributed by atoms with Crippen LogP contribution < -0.4 is 14.8 Å². The molecule has 1 N–H and O–H groups in total. The van der Waals surface area contributed by atoms with Crippen molar-refractivity contribution < 1.29 is 23.5 Å². The van der Waals surface area contributed by atoms with E-state index in [1.54, 1.807) is 48.5 Å². The van der Waals surface area contributed by atoms with Crippen LogP contribution in [0.25, 0.3) is 11.0 Å². The van der Waals surface area contributed by atoms with Gasteiger partial charge in [-0.05, 0) is 54.6 Å². The summed E-state index contributed by atoms with van der Waals surface area (Å²) in [6.45, 7) is -0.233. The number of ether oxygens (including phenoxy) is 2. The predicted molar refractivity (Wildman–Crippen MR) is 126 cm³/mol. The molecule has 6 nitrogen and oxygen atoms in total. The van der Waals surface area contributed by atoms with Gasteiger partial charge >= 0.3 is 0 Å². The number of methoxy groups -OCH3 is 1. The van der Waals surface area contributed by atoms with Crippen molar-refractivity contribution in [3.05, 3.63) is 87.5 Å². The van der Waals surface area contributed by atoms with Gasteiger partial charge in [0.15, 0.2) is 12.4 Å². The van der Waals surface area contributed by atoms with Crippen LogP contribution in [0.15, 0.2) is 75.6 Å². The summed E-state index contributed by atoms with van der Waals surface area (Å²) in [5, 5.41) is 3.66. The smallest absolute Gasteiger partial charge is 0.262 e. The third kappa shape index (κ3) is 4.64. The molecule has 4 rings (SSSR count). The number of carbonyl (C=O) groups is 2. The zero-order chi connectivity index (χ0) is 22.7. The molecule has 32 heavy (non-hydrogen) atoms. The summed E-state index contributed by atoms with van der Waals surface area (Å²) in [5.74, 6) is 0.150. The van der Waals surface area contributed by atoms with Crippen LogP contribution in [0.1, 0.15) is 16.1 Å². The Balaban J connectivity index is 1.61. The molecule has 0 aliphatic heterocycles. The van der Waals surface area contributed by atoms with Gasteiger partial charge in [-0.25, -0.2) is 0 Å². The van der Waals surface area contributed by atoms with Gasteiger partial charge in [0.1, 0.15) is 17.1 Å². The number of benzene rings is 3. The SMILES string of the molecule is COc1ccc(C(=O)c2oc3ccccc3c2NC(=O)COc2ccc(Br)cc2)cc1Cl. The lowest BCUT2D eigenvalue weighted by molar-refractivity contribution is -0.118. The molecule has 0 saturated carbocycles. The Labute approximate surface area is 197 Å². The largest absolute Gasteiger partial charge is 0.495 e. The molecular formula is C24H17BrClNO5. The first-order chi connectivity index (χ1) is 15.5. The number of hydrogen-bond donors (Lipinski definition) is 1. The Bertz CT molecular complexity index is 1300. The van der Waals surface area contributed by atoms with Gasteiger partial charge in [0.25, 0.3) is 5.91 Å².